The molecule has 0 amide bonds. The Labute approximate surface area is 106 Å². The minimum absolute atomic E-state index is 0.143. The van der Waals surface area contributed by atoms with Crippen molar-refractivity contribution in [3.8, 4) is 0 Å². The van der Waals surface area contributed by atoms with E-state index in [9.17, 15) is 13.6 Å². The molecule has 98 valence electrons. The number of hydrogen-bond donors (Lipinski definition) is 0. The van der Waals surface area contributed by atoms with E-state index in [0.717, 1.165) is 38.1 Å². The summed E-state index contributed by atoms with van der Waals surface area (Å²) in [5.74, 6) is -2.02. The van der Waals surface area contributed by atoms with Gasteiger partial charge in [0.15, 0.2) is 17.4 Å². The van der Waals surface area contributed by atoms with Gasteiger partial charge in [0, 0.05) is 5.56 Å². The van der Waals surface area contributed by atoms with Gasteiger partial charge in [-0.3, -0.25) is 9.69 Å². The van der Waals surface area contributed by atoms with Gasteiger partial charge in [-0.25, -0.2) is 8.78 Å². The van der Waals surface area contributed by atoms with Gasteiger partial charge in [0.25, 0.3) is 0 Å². The van der Waals surface area contributed by atoms with Crippen LogP contribution in [0, 0.1) is 11.6 Å². The zero-order valence-electron chi connectivity index (χ0n) is 10.3. The third-order valence-electron chi connectivity index (χ3n) is 3.31. The van der Waals surface area contributed by atoms with Gasteiger partial charge in [-0.1, -0.05) is 12.8 Å². The second-order valence-electron chi connectivity index (χ2n) is 4.74. The lowest BCUT2D eigenvalue weighted by molar-refractivity contribution is 0.0932. The second-order valence-corrected chi connectivity index (χ2v) is 4.74. The Kier molecular flexibility index (Phi) is 4.42. The van der Waals surface area contributed by atoms with Crippen molar-refractivity contribution in [1.29, 1.82) is 0 Å². The molecule has 1 aliphatic rings. The van der Waals surface area contributed by atoms with Gasteiger partial charge in [-0.2, -0.15) is 0 Å². The number of halogens is 2. The standard InChI is InChI=1S/C14H17F2NO/c15-12-6-5-11(9-13(12)16)14(18)10-17-7-3-1-2-4-8-17/h5-6,9H,1-4,7-8,10H2. The Hall–Kier alpha value is -1.29. The quantitative estimate of drug-likeness (QED) is 0.772. The molecule has 0 aromatic heterocycles. The van der Waals surface area contributed by atoms with Crippen LogP contribution in [0.5, 0.6) is 0 Å². The van der Waals surface area contributed by atoms with Crippen LogP contribution in [0.4, 0.5) is 8.78 Å². The van der Waals surface area contributed by atoms with Crippen LogP contribution in [-0.4, -0.2) is 30.3 Å². The van der Waals surface area contributed by atoms with E-state index in [-0.39, 0.29) is 11.3 Å². The predicted molar refractivity (Wildman–Crippen MR) is 65.6 cm³/mol. The molecule has 0 unspecified atom stereocenters. The molecule has 1 heterocycles. The van der Waals surface area contributed by atoms with E-state index in [0.29, 0.717) is 6.54 Å². The zero-order valence-corrected chi connectivity index (χ0v) is 10.3. The molecule has 0 aliphatic carbocycles. The highest BCUT2D eigenvalue weighted by Crippen LogP contribution is 2.13. The Bertz CT molecular complexity index is 426. The maximum Gasteiger partial charge on any atom is 0.176 e. The van der Waals surface area contributed by atoms with E-state index in [1.165, 1.54) is 18.9 Å². The first kappa shape index (κ1) is 13.1. The number of benzene rings is 1. The van der Waals surface area contributed by atoms with Crippen LogP contribution in [-0.2, 0) is 0 Å². The summed E-state index contributed by atoms with van der Waals surface area (Å²) in [6, 6.07) is 3.33. The molecule has 2 nitrogen and oxygen atoms in total. The van der Waals surface area contributed by atoms with Crippen LogP contribution < -0.4 is 0 Å². The minimum Gasteiger partial charge on any atom is -0.296 e. The van der Waals surface area contributed by atoms with E-state index in [4.69, 9.17) is 0 Å². The maximum absolute atomic E-state index is 13.0. The molecule has 0 atom stereocenters. The van der Waals surface area contributed by atoms with E-state index in [2.05, 4.69) is 4.90 Å². The molecule has 0 N–H and O–H groups in total. The number of nitrogens with zero attached hydrogens (tertiary/aromatic N) is 1. The molecule has 0 saturated carbocycles. The molecule has 18 heavy (non-hydrogen) atoms. The van der Waals surface area contributed by atoms with Gasteiger partial charge >= 0.3 is 0 Å². The molecule has 2 rings (SSSR count). The molecule has 1 aromatic rings. The first-order valence-corrected chi connectivity index (χ1v) is 6.37. The zero-order chi connectivity index (χ0) is 13.0. The summed E-state index contributed by atoms with van der Waals surface area (Å²) in [7, 11) is 0. The molecule has 1 aromatic carbocycles. The Morgan fingerprint density at radius 3 is 2.33 bits per heavy atom. The van der Waals surface area contributed by atoms with Crippen LogP contribution in [0.25, 0.3) is 0 Å². The van der Waals surface area contributed by atoms with Crippen LogP contribution >= 0.6 is 0 Å². The first-order valence-electron chi connectivity index (χ1n) is 6.37. The average Bonchev–Trinajstić information content (AvgIpc) is 2.61. The monoisotopic (exact) mass is 253 g/mol. The summed E-state index contributed by atoms with van der Waals surface area (Å²) in [6.07, 6.45) is 4.61. The van der Waals surface area contributed by atoms with E-state index in [1.54, 1.807) is 0 Å². The van der Waals surface area contributed by atoms with Gasteiger partial charge in [-0.05, 0) is 44.1 Å². The molecule has 0 radical (unpaired) electrons. The number of hydrogen-bond acceptors (Lipinski definition) is 2. The summed E-state index contributed by atoms with van der Waals surface area (Å²) in [4.78, 5) is 14.1. The van der Waals surface area contributed by atoms with Crippen LogP contribution in [0.2, 0.25) is 0 Å². The highest BCUT2D eigenvalue weighted by molar-refractivity contribution is 5.97. The fourth-order valence-corrected chi connectivity index (χ4v) is 2.26. The third-order valence-corrected chi connectivity index (χ3v) is 3.31. The Morgan fingerprint density at radius 1 is 1.06 bits per heavy atom. The highest BCUT2D eigenvalue weighted by atomic mass is 19.2. The Morgan fingerprint density at radius 2 is 1.72 bits per heavy atom. The van der Waals surface area contributed by atoms with Crippen molar-refractivity contribution in [2.75, 3.05) is 19.6 Å². The molecule has 0 bridgehead atoms. The lowest BCUT2D eigenvalue weighted by atomic mass is 10.1. The molecule has 0 spiro atoms. The van der Waals surface area contributed by atoms with Gasteiger partial charge < -0.3 is 0 Å². The van der Waals surface area contributed by atoms with Crippen molar-refractivity contribution in [2.45, 2.75) is 25.7 Å². The highest BCUT2D eigenvalue weighted by Gasteiger charge is 2.15. The van der Waals surface area contributed by atoms with Gasteiger partial charge in [0.05, 0.1) is 6.54 Å². The fourth-order valence-electron chi connectivity index (χ4n) is 2.26. The van der Waals surface area contributed by atoms with E-state index < -0.39 is 11.6 Å². The number of likely N-dealkylation sites (tertiary alicyclic amines) is 1. The lowest BCUT2D eigenvalue weighted by Crippen LogP contribution is -2.30. The average molecular weight is 253 g/mol. The van der Waals surface area contributed by atoms with Crippen molar-refractivity contribution in [3.63, 3.8) is 0 Å². The number of ketones is 1. The Balaban J connectivity index is 1.99. The van der Waals surface area contributed by atoms with Crippen LogP contribution in [0.1, 0.15) is 36.0 Å². The van der Waals surface area contributed by atoms with Gasteiger partial charge in [0.1, 0.15) is 0 Å². The van der Waals surface area contributed by atoms with Crippen molar-refractivity contribution >= 4 is 5.78 Å². The fraction of sp³-hybridized carbons (Fsp3) is 0.500. The summed E-state index contributed by atoms with van der Waals surface area (Å²) in [5.41, 5.74) is 0.248. The lowest BCUT2D eigenvalue weighted by Gasteiger charge is -2.18. The largest absolute Gasteiger partial charge is 0.296 e. The number of carbonyl (C=O) groups is 1. The summed E-state index contributed by atoms with van der Waals surface area (Å²) < 4.78 is 25.8. The molecule has 1 fully saturated rings. The van der Waals surface area contributed by atoms with Crippen molar-refractivity contribution < 1.29 is 13.6 Å². The first-order chi connectivity index (χ1) is 8.66. The van der Waals surface area contributed by atoms with Crippen LogP contribution in [0.15, 0.2) is 18.2 Å². The normalized spacial score (nSPS) is 17.4. The smallest absolute Gasteiger partial charge is 0.176 e. The number of carbonyl (C=O) groups excluding carboxylic acids is 1. The SMILES string of the molecule is O=C(CN1CCCCCC1)c1ccc(F)c(F)c1. The molecular formula is C14H17F2NO. The molecule has 1 saturated heterocycles. The van der Waals surface area contributed by atoms with Gasteiger partial charge in [-0.15, -0.1) is 0 Å². The number of Topliss-reactive ketones (excluding diaryl/α,β-unsaturated/α-hetero) is 1. The maximum atomic E-state index is 13.0. The van der Waals surface area contributed by atoms with Crippen LogP contribution in [0.3, 0.4) is 0 Å². The van der Waals surface area contributed by atoms with Crippen molar-refractivity contribution in [1.82, 2.24) is 4.90 Å². The topological polar surface area (TPSA) is 20.3 Å². The summed E-state index contributed by atoms with van der Waals surface area (Å²) in [6.45, 7) is 2.12. The van der Waals surface area contributed by atoms with Gasteiger partial charge in [0.2, 0.25) is 0 Å². The van der Waals surface area contributed by atoms with E-state index >= 15 is 0 Å². The van der Waals surface area contributed by atoms with E-state index in [1.807, 2.05) is 0 Å². The third kappa shape index (κ3) is 3.35. The summed E-state index contributed by atoms with van der Waals surface area (Å²) in [5, 5.41) is 0. The molecular weight excluding hydrogens is 236 g/mol. The minimum atomic E-state index is -0.961. The number of rotatable bonds is 3. The molecule has 4 heteroatoms. The summed E-state index contributed by atoms with van der Waals surface area (Å²) >= 11 is 0. The predicted octanol–water partition coefficient (Wildman–Crippen LogP) is 3.02. The second kappa shape index (κ2) is 6.05. The van der Waals surface area contributed by atoms with Crippen molar-refractivity contribution in [3.05, 3.63) is 35.4 Å². The van der Waals surface area contributed by atoms with Crippen molar-refractivity contribution in [2.24, 2.45) is 0 Å². The molecule has 1 aliphatic heterocycles.